The lowest BCUT2D eigenvalue weighted by Gasteiger charge is -2.11. The molecule has 2 heterocycles. The zero-order chi connectivity index (χ0) is 30.6. The highest BCUT2D eigenvalue weighted by Gasteiger charge is 2.21. The normalized spacial score (nSPS) is 11.1. The molecular formula is C27H29N9O6. The Labute approximate surface area is 239 Å². The zero-order valence-corrected chi connectivity index (χ0v) is 23.1. The lowest BCUT2D eigenvalue weighted by atomic mass is 10.1. The van der Waals surface area contributed by atoms with Gasteiger partial charge in [0.15, 0.2) is 0 Å². The van der Waals surface area contributed by atoms with Gasteiger partial charge in [0.25, 0.3) is 11.6 Å². The van der Waals surface area contributed by atoms with E-state index < -0.39 is 22.6 Å². The van der Waals surface area contributed by atoms with Crippen LogP contribution in [0.25, 0.3) is 11.0 Å². The maximum atomic E-state index is 13.2. The number of carbonyl (C=O) groups excluding carboxylic acids is 3. The number of aryl methyl sites for hydroxylation is 2. The van der Waals surface area contributed by atoms with E-state index in [1.165, 1.54) is 31.4 Å². The minimum Gasteiger partial charge on any atom is -0.494 e. The predicted octanol–water partition coefficient (Wildman–Crippen LogP) is 2.60. The smallest absolute Gasteiger partial charge is 0.293 e. The molecular weight excluding hydrogens is 546 g/mol. The largest absolute Gasteiger partial charge is 0.494 e. The molecule has 0 radical (unpaired) electrons. The highest BCUT2D eigenvalue weighted by atomic mass is 16.6. The first-order valence-electron chi connectivity index (χ1n) is 12.7. The summed E-state index contributed by atoms with van der Waals surface area (Å²) >= 11 is 0. The number of nitro benzene ring substituents is 1. The fraction of sp³-hybridized carbons (Fsp3) is 0.222. The van der Waals surface area contributed by atoms with Crippen LogP contribution in [0, 0.1) is 17.0 Å². The third kappa shape index (κ3) is 6.04. The standard InChI is InChI=1S/C27H29N9O6/c1-4-35-21(11-15(2)33-35)26(39)32-27-31-19-12-17(25(29)38)14-22(42-3)23(19)34(27)10-6-5-9-30-18-8-7-16(24(28)37)13-20(18)36(40)41/h5-8,11-14,30H,4,9-10H2,1-3H3,(H2,28,37)(H2,29,38)(H,31,32,39)/b6-5+. The maximum absolute atomic E-state index is 13.2. The van der Waals surface area contributed by atoms with Gasteiger partial charge in [-0.1, -0.05) is 12.2 Å². The van der Waals surface area contributed by atoms with Crippen LogP contribution in [0.3, 0.4) is 0 Å². The van der Waals surface area contributed by atoms with Crippen LogP contribution in [0.4, 0.5) is 17.3 Å². The number of anilines is 2. The number of carbonyl (C=O) groups is 3. The van der Waals surface area contributed by atoms with Crippen molar-refractivity contribution in [3.63, 3.8) is 0 Å². The second kappa shape index (κ2) is 12.2. The first-order chi connectivity index (χ1) is 20.0. The van der Waals surface area contributed by atoms with E-state index >= 15 is 0 Å². The van der Waals surface area contributed by atoms with E-state index in [-0.39, 0.29) is 41.5 Å². The number of primary amides is 2. The van der Waals surface area contributed by atoms with Crippen LogP contribution in [0.15, 0.2) is 48.6 Å². The summed E-state index contributed by atoms with van der Waals surface area (Å²) in [5.41, 5.74) is 12.8. The first kappa shape index (κ1) is 29.3. The molecule has 15 nitrogen and oxygen atoms in total. The van der Waals surface area contributed by atoms with E-state index in [1.807, 2.05) is 6.92 Å². The topological polar surface area (TPSA) is 215 Å². The van der Waals surface area contributed by atoms with Crippen LogP contribution < -0.4 is 26.8 Å². The Bertz CT molecular complexity index is 1740. The third-order valence-corrected chi connectivity index (χ3v) is 6.31. The summed E-state index contributed by atoms with van der Waals surface area (Å²) in [4.78, 5) is 51.9. The molecule has 0 spiro atoms. The number of nitrogens with one attached hydrogen (secondary N) is 2. The Morgan fingerprint density at radius 2 is 1.83 bits per heavy atom. The molecule has 3 amide bonds. The lowest BCUT2D eigenvalue weighted by molar-refractivity contribution is -0.384. The molecule has 4 rings (SSSR count). The fourth-order valence-electron chi connectivity index (χ4n) is 4.35. The van der Waals surface area contributed by atoms with Crippen molar-refractivity contribution in [2.75, 3.05) is 24.3 Å². The Morgan fingerprint density at radius 3 is 2.48 bits per heavy atom. The van der Waals surface area contributed by atoms with E-state index in [0.29, 0.717) is 34.7 Å². The van der Waals surface area contributed by atoms with Gasteiger partial charge in [0.05, 0.1) is 23.2 Å². The Kier molecular flexibility index (Phi) is 8.50. The minimum absolute atomic E-state index is 0.0231. The van der Waals surface area contributed by atoms with Crippen LogP contribution in [-0.2, 0) is 13.1 Å². The monoisotopic (exact) mass is 575 g/mol. The Morgan fingerprint density at radius 1 is 1.10 bits per heavy atom. The van der Waals surface area contributed by atoms with Crippen molar-refractivity contribution >= 4 is 46.1 Å². The van der Waals surface area contributed by atoms with Gasteiger partial charge in [0.2, 0.25) is 17.8 Å². The van der Waals surface area contributed by atoms with E-state index in [4.69, 9.17) is 16.2 Å². The van der Waals surface area contributed by atoms with Gasteiger partial charge in [0, 0.05) is 36.8 Å². The molecule has 0 atom stereocenters. The maximum Gasteiger partial charge on any atom is 0.293 e. The van der Waals surface area contributed by atoms with Crippen molar-refractivity contribution in [3.8, 4) is 5.75 Å². The molecule has 0 bridgehead atoms. The van der Waals surface area contributed by atoms with E-state index in [0.717, 1.165) is 6.07 Å². The molecule has 0 fully saturated rings. The summed E-state index contributed by atoms with van der Waals surface area (Å²) in [6.45, 7) is 4.54. The van der Waals surface area contributed by atoms with Gasteiger partial charge >= 0.3 is 0 Å². The van der Waals surface area contributed by atoms with Gasteiger partial charge < -0.3 is 26.1 Å². The molecule has 42 heavy (non-hydrogen) atoms. The molecule has 0 aliphatic rings. The van der Waals surface area contributed by atoms with Crippen LogP contribution in [0.1, 0.15) is 43.8 Å². The molecule has 6 N–H and O–H groups in total. The number of aromatic nitrogens is 4. The summed E-state index contributed by atoms with van der Waals surface area (Å²) in [7, 11) is 1.44. The molecule has 4 aromatic rings. The number of nitrogens with two attached hydrogens (primary N) is 2. The molecule has 0 aliphatic heterocycles. The van der Waals surface area contributed by atoms with Crippen LogP contribution in [0.5, 0.6) is 5.75 Å². The molecule has 0 saturated heterocycles. The number of nitro groups is 1. The number of benzene rings is 2. The van der Waals surface area contributed by atoms with Crippen LogP contribution >= 0.6 is 0 Å². The number of imidazole rings is 1. The van der Waals surface area contributed by atoms with E-state index in [9.17, 15) is 24.5 Å². The van der Waals surface area contributed by atoms with E-state index in [1.54, 1.807) is 34.4 Å². The number of allylic oxidation sites excluding steroid dienone is 1. The van der Waals surface area contributed by atoms with Crippen LogP contribution in [-0.4, -0.2) is 55.6 Å². The van der Waals surface area contributed by atoms with Crippen molar-refractivity contribution in [1.29, 1.82) is 0 Å². The number of nitrogens with zero attached hydrogens (tertiary/aromatic N) is 5. The molecule has 2 aromatic heterocycles. The van der Waals surface area contributed by atoms with Gasteiger partial charge in [0.1, 0.15) is 22.6 Å². The molecule has 2 aromatic carbocycles. The predicted molar refractivity (Wildman–Crippen MR) is 155 cm³/mol. The number of methoxy groups -OCH3 is 1. The fourth-order valence-corrected chi connectivity index (χ4v) is 4.35. The summed E-state index contributed by atoms with van der Waals surface area (Å²) in [5, 5.41) is 21.5. The van der Waals surface area contributed by atoms with Gasteiger partial charge in [-0.25, -0.2) is 4.98 Å². The van der Waals surface area contributed by atoms with Crippen molar-refractivity contribution in [2.24, 2.45) is 11.5 Å². The molecule has 15 heteroatoms. The second-order valence-corrected chi connectivity index (χ2v) is 9.10. The van der Waals surface area contributed by atoms with Gasteiger partial charge in [-0.05, 0) is 44.2 Å². The van der Waals surface area contributed by atoms with Gasteiger partial charge in [-0.2, -0.15) is 5.10 Å². The first-order valence-corrected chi connectivity index (χ1v) is 12.7. The summed E-state index contributed by atoms with van der Waals surface area (Å²) in [5.74, 6) is -1.36. The lowest BCUT2D eigenvalue weighted by Crippen LogP contribution is -2.20. The highest BCUT2D eigenvalue weighted by Crippen LogP contribution is 2.31. The van der Waals surface area contributed by atoms with Gasteiger partial charge in [-0.15, -0.1) is 0 Å². The number of fused-ring (bicyclic) bond motifs is 1. The minimum atomic E-state index is -0.771. The number of rotatable bonds is 12. The Hall–Kier alpha value is -5.73. The average Bonchev–Trinajstić information content (AvgIpc) is 3.51. The number of ether oxygens (including phenoxy) is 1. The average molecular weight is 576 g/mol. The summed E-state index contributed by atoms with van der Waals surface area (Å²) < 4.78 is 8.79. The second-order valence-electron chi connectivity index (χ2n) is 9.10. The highest BCUT2D eigenvalue weighted by molar-refractivity contribution is 6.04. The molecule has 0 aliphatic carbocycles. The van der Waals surface area contributed by atoms with Gasteiger partial charge in [-0.3, -0.25) is 34.5 Å². The quantitative estimate of drug-likeness (QED) is 0.111. The summed E-state index contributed by atoms with van der Waals surface area (Å²) in [6, 6.07) is 8.58. The number of hydrogen-bond donors (Lipinski definition) is 4. The SMILES string of the molecule is CCn1nc(C)cc1C(=O)Nc1nc2cc(C(N)=O)cc(OC)c2n1C/C=C/CNc1ccc(C(N)=O)cc1[N+](=O)[O-]. The van der Waals surface area contributed by atoms with Crippen LogP contribution in [0.2, 0.25) is 0 Å². The van der Waals surface area contributed by atoms with Crippen molar-refractivity contribution in [1.82, 2.24) is 19.3 Å². The number of hydrogen-bond acceptors (Lipinski definition) is 9. The van der Waals surface area contributed by atoms with Crippen molar-refractivity contribution < 1.29 is 24.0 Å². The zero-order valence-electron chi connectivity index (χ0n) is 23.1. The van der Waals surface area contributed by atoms with E-state index in [2.05, 4.69) is 20.7 Å². The van der Waals surface area contributed by atoms with Crippen molar-refractivity contribution in [3.05, 3.63) is 81.2 Å². The molecule has 0 saturated carbocycles. The molecule has 0 unspecified atom stereocenters. The third-order valence-electron chi connectivity index (χ3n) is 6.31. The number of amides is 3. The Balaban J connectivity index is 1.64. The molecule has 218 valence electrons. The summed E-state index contributed by atoms with van der Waals surface area (Å²) in [6.07, 6.45) is 3.48. The van der Waals surface area contributed by atoms with Crippen molar-refractivity contribution in [2.45, 2.75) is 26.9 Å².